The number of carbonyl (C=O) groups is 2. The molecule has 2 aromatic carbocycles. The first kappa shape index (κ1) is 56.7. The van der Waals surface area contributed by atoms with Gasteiger partial charge in [-0.1, -0.05) is 150 Å². The van der Waals surface area contributed by atoms with Crippen LogP contribution in [0.3, 0.4) is 0 Å². The average molecular weight is 1070 g/mol. The van der Waals surface area contributed by atoms with E-state index in [2.05, 4.69) is 62.2 Å². The zero-order chi connectivity index (χ0) is 52.7. The molecule has 8 rings (SSSR count). The van der Waals surface area contributed by atoms with E-state index in [1.165, 1.54) is 57.8 Å². The first-order valence-electron chi connectivity index (χ1n) is 29.1. The predicted molar refractivity (Wildman–Crippen MR) is 300 cm³/mol. The lowest BCUT2D eigenvalue weighted by Crippen LogP contribution is -2.49. The second kappa shape index (κ2) is 27.7. The molecule has 2 aromatic heterocycles. The number of amides is 2. The zero-order valence-corrected chi connectivity index (χ0v) is 47.5. The van der Waals surface area contributed by atoms with Gasteiger partial charge in [0.25, 0.3) is 23.1 Å². The fourth-order valence-corrected chi connectivity index (χ4v) is 13.4. The van der Waals surface area contributed by atoms with E-state index < -0.39 is 28.6 Å². The lowest BCUT2D eigenvalue weighted by molar-refractivity contribution is 0.0446. The van der Waals surface area contributed by atoms with Gasteiger partial charge in [-0.25, -0.2) is 4.52 Å². The fourth-order valence-electron chi connectivity index (χ4n) is 12.0. The van der Waals surface area contributed by atoms with Crippen molar-refractivity contribution in [3.63, 3.8) is 0 Å². The summed E-state index contributed by atoms with van der Waals surface area (Å²) in [6.07, 6.45) is 30.5. The van der Waals surface area contributed by atoms with Crippen molar-refractivity contribution in [3.05, 3.63) is 65.1 Å². The molecule has 2 heterocycles. The summed E-state index contributed by atoms with van der Waals surface area (Å²) >= 11 is -4.28. The van der Waals surface area contributed by atoms with E-state index in [9.17, 15) is 8.42 Å². The number of fused-ring (bicyclic) bond motifs is 1. The number of anilines is 1. The molecule has 0 radical (unpaired) electrons. The maximum Gasteiger partial charge on any atom is 0.316 e. The van der Waals surface area contributed by atoms with Crippen molar-refractivity contribution in [2.45, 2.75) is 250 Å². The highest BCUT2D eigenvalue weighted by Crippen LogP contribution is 2.37. The maximum atomic E-state index is 15.2. The largest absolute Gasteiger partial charge is 0.490 e. The predicted octanol–water partition coefficient (Wildman–Crippen LogP) is 13.5. The number of hydrogen-bond acceptors (Lipinski definition) is 9. The van der Waals surface area contributed by atoms with E-state index in [0.717, 1.165) is 128 Å². The molecule has 0 aliphatic heterocycles. The molecule has 17 heteroatoms. The lowest BCUT2D eigenvalue weighted by Gasteiger charge is -2.42. The van der Waals surface area contributed by atoms with Gasteiger partial charge in [-0.15, -0.1) is 10.2 Å². The second-order valence-electron chi connectivity index (χ2n) is 23.1. The van der Waals surface area contributed by atoms with Gasteiger partial charge >= 0.3 is 11.3 Å². The summed E-state index contributed by atoms with van der Waals surface area (Å²) in [4.78, 5) is 34.7. The molecule has 4 aliphatic carbocycles. The highest BCUT2D eigenvalue weighted by atomic mass is 32.2. The number of nitrogens with one attached hydrogen (secondary N) is 3. The number of aromatic amines is 1. The number of hydrogen-bond donors (Lipinski definition) is 3. The van der Waals surface area contributed by atoms with Gasteiger partial charge in [0.2, 0.25) is 0 Å². The number of aromatic nitrogens is 4. The van der Waals surface area contributed by atoms with Crippen LogP contribution in [-0.2, 0) is 27.9 Å². The number of rotatable bonds is 25. The van der Waals surface area contributed by atoms with Crippen LogP contribution in [0, 0.1) is 0 Å². The van der Waals surface area contributed by atoms with E-state index in [1.807, 2.05) is 13.0 Å². The minimum absolute atomic E-state index is 0.0785. The first-order chi connectivity index (χ1) is 36.4. The van der Waals surface area contributed by atoms with E-state index in [1.54, 1.807) is 40.9 Å². The molecule has 4 fully saturated rings. The minimum atomic E-state index is -2.20. The van der Waals surface area contributed by atoms with Gasteiger partial charge in [0.05, 0.1) is 18.3 Å². The Bertz CT molecular complexity index is 2390. The molecule has 3 unspecified atom stereocenters. The van der Waals surface area contributed by atoms with Gasteiger partial charge in [0, 0.05) is 58.5 Å². The van der Waals surface area contributed by atoms with Gasteiger partial charge in [-0.2, -0.15) is 13.1 Å². The second-order valence-corrected chi connectivity index (χ2v) is 24.8. The third-order valence-electron chi connectivity index (χ3n) is 16.2. The standard InChI is InChI=1S/C58H88N8O7S2/c1-6-7-8-9-10-11-12-25-36-71-51-35-34-45(40-52(51)73-74(69)62-42(2)55-60-59-54-41-53(58(3,4)5)61-66(54)55)63-75(70)72-50-38-43(56(67)64(46-26-17-13-18-27-46)47-28-19-14-20-29-47)37-44(39-50)57(68)65(48-30-21-15-22-31-48)49-32-23-16-24-33-49/h34-35,37-42,46-49,61-63H,6-33,36H2,1-5H3. The van der Waals surface area contributed by atoms with Crippen molar-refractivity contribution >= 4 is 45.7 Å². The molecule has 0 spiro atoms. The molecule has 414 valence electrons. The van der Waals surface area contributed by atoms with Crippen LogP contribution in [0.5, 0.6) is 17.2 Å². The average Bonchev–Trinajstić information content (AvgIpc) is 4.03. The molecule has 15 nitrogen and oxygen atoms in total. The first-order valence-corrected chi connectivity index (χ1v) is 31.3. The summed E-state index contributed by atoms with van der Waals surface area (Å²) in [7, 11) is 0. The van der Waals surface area contributed by atoms with E-state index in [4.69, 9.17) is 13.1 Å². The highest BCUT2D eigenvalue weighted by molar-refractivity contribution is 7.82. The summed E-state index contributed by atoms with van der Waals surface area (Å²) in [6.45, 7) is 10.8. The van der Waals surface area contributed by atoms with Crippen molar-refractivity contribution in [1.29, 1.82) is 0 Å². The van der Waals surface area contributed by atoms with Crippen molar-refractivity contribution in [3.8, 4) is 17.2 Å². The smallest absolute Gasteiger partial charge is 0.316 e. The van der Waals surface area contributed by atoms with Crippen LogP contribution >= 0.6 is 0 Å². The Morgan fingerprint density at radius 1 is 0.653 bits per heavy atom. The monoisotopic (exact) mass is 1070 g/mol. The van der Waals surface area contributed by atoms with Crippen LogP contribution in [-0.4, -0.2) is 80.6 Å². The van der Waals surface area contributed by atoms with Crippen LogP contribution in [0.15, 0.2) is 42.5 Å². The molecular formula is C58H88N8O7S2. The quantitative estimate of drug-likeness (QED) is 0.0546. The molecular weight excluding hydrogens is 985 g/mol. The summed E-state index contributed by atoms with van der Waals surface area (Å²) in [5.41, 5.74) is 2.66. The summed E-state index contributed by atoms with van der Waals surface area (Å²) in [5, 5.41) is 12.1. The van der Waals surface area contributed by atoms with E-state index >= 15 is 9.59 Å². The Balaban J connectivity index is 1.04. The number of nitrogens with zero attached hydrogens (tertiary/aromatic N) is 5. The molecule has 0 bridgehead atoms. The van der Waals surface area contributed by atoms with Gasteiger partial charge in [-0.3, -0.25) is 19.4 Å². The van der Waals surface area contributed by atoms with E-state index in [-0.39, 0.29) is 52.9 Å². The Kier molecular flexibility index (Phi) is 21.0. The molecule has 0 saturated heterocycles. The molecule has 4 aliphatic rings. The minimum Gasteiger partial charge on any atom is -0.490 e. The van der Waals surface area contributed by atoms with Crippen molar-refractivity contribution in [2.24, 2.45) is 0 Å². The number of benzene rings is 2. The number of ether oxygens (including phenoxy) is 1. The summed E-state index contributed by atoms with van der Waals surface area (Å²) < 4.78 is 54.4. The summed E-state index contributed by atoms with van der Waals surface area (Å²) in [6, 6.07) is 12.2. The molecule has 75 heavy (non-hydrogen) atoms. The number of unbranched alkanes of at least 4 members (excludes halogenated alkanes) is 7. The number of carbonyl (C=O) groups excluding carboxylic acids is 2. The molecule has 3 atom stereocenters. The van der Waals surface area contributed by atoms with Crippen LogP contribution in [0.25, 0.3) is 5.65 Å². The third-order valence-corrected chi connectivity index (χ3v) is 17.8. The fraction of sp³-hybridized carbons (Fsp3) is 0.690. The van der Waals surface area contributed by atoms with Gasteiger partial charge < -0.3 is 22.9 Å². The summed E-state index contributed by atoms with van der Waals surface area (Å²) in [5.74, 6) is 1.11. The zero-order valence-electron chi connectivity index (χ0n) is 45.8. The van der Waals surface area contributed by atoms with Crippen LogP contribution in [0.4, 0.5) is 5.69 Å². The normalized spacial score (nSPS) is 18.8. The van der Waals surface area contributed by atoms with Crippen LogP contribution in [0.2, 0.25) is 0 Å². The molecule has 4 aromatic rings. The topological polar surface area (TPSA) is 172 Å². The SMILES string of the molecule is CCCCCCCCCCOc1ccc(NS(=O)Oc2cc(C(=O)N(C3CCCCC3)C3CCCCC3)cc(C(=O)N(C3CCCCC3)C3CCCCC3)c2)cc1OS(=O)NC(C)c1nnc2cc(C(C)(C)C)[nH]n12. The molecule has 2 amide bonds. The molecule has 4 saturated carbocycles. The van der Waals surface area contributed by atoms with Crippen molar-refractivity contribution in [2.75, 3.05) is 11.3 Å². The number of H-pyrrole nitrogens is 1. The third kappa shape index (κ3) is 15.6. The molecule has 3 N–H and O–H groups in total. The Morgan fingerprint density at radius 2 is 1.16 bits per heavy atom. The maximum absolute atomic E-state index is 15.2. The van der Waals surface area contributed by atoms with Crippen molar-refractivity contribution < 1.29 is 31.1 Å². The van der Waals surface area contributed by atoms with Crippen LogP contribution in [0.1, 0.15) is 253 Å². The Labute approximate surface area is 452 Å². The lowest BCUT2D eigenvalue weighted by atomic mass is 9.87. The van der Waals surface area contributed by atoms with Gasteiger partial charge in [-0.05, 0) is 95.0 Å². The van der Waals surface area contributed by atoms with Crippen molar-refractivity contribution in [1.82, 2.24) is 34.3 Å². The van der Waals surface area contributed by atoms with Gasteiger partial charge in [0.15, 0.2) is 23.0 Å². The van der Waals surface area contributed by atoms with Gasteiger partial charge in [0.1, 0.15) is 5.75 Å². The van der Waals surface area contributed by atoms with E-state index in [0.29, 0.717) is 40.6 Å². The Morgan fingerprint density at radius 3 is 1.67 bits per heavy atom. The van der Waals surface area contributed by atoms with Crippen LogP contribution < -0.4 is 22.5 Å². The Hall–Kier alpha value is -4.48. The highest BCUT2D eigenvalue weighted by Gasteiger charge is 2.37.